The van der Waals surface area contributed by atoms with Crippen LogP contribution in [0, 0.1) is 0 Å². The molecular weight excluding hydrogens is 262 g/mol. The highest BCUT2D eigenvalue weighted by Crippen LogP contribution is 2.14. The molecule has 1 amide bonds. The number of hydrogen-bond donors (Lipinski definition) is 1. The smallest absolute Gasteiger partial charge is 0.329 e. The molecule has 8 heteroatoms. The van der Waals surface area contributed by atoms with E-state index >= 15 is 0 Å². The maximum Gasteiger partial charge on any atom is 0.329 e. The van der Waals surface area contributed by atoms with E-state index in [0.29, 0.717) is 23.6 Å². The van der Waals surface area contributed by atoms with Crippen molar-refractivity contribution in [3.05, 3.63) is 29.8 Å². The van der Waals surface area contributed by atoms with Crippen molar-refractivity contribution in [3.63, 3.8) is 0 Å². The van der Waals surface area contributed by atoms with Gasteiger partial charge in [0.15, 0.2) is 6.54 Å². The summed E-state index contributed by atoms with van der Waals surface area (Å²) in [6, 6.07) is 6.46. The molecule has 0 saturated heterocycles. The Labute approximate surface area is 114 Å². The van der Waals surface area contributed by atoms with Crippen LogP contribution in [0.25, 0.3) is 11.4 Å². The van der Waals surface area contributed by atoms with Crippen LogP contribution in [0.15, 0.2) is 24.3 Å². The van der Waals surface area contributed by atoms with Gasteiger partial charge >= 0.3 is 5.97 Å². The standard InChI is InChI=1S/C12H13N5O3/c1-2-20-10(18)7-17-15-12(14-16-17)9-5-3-8(4-6-9)11(13)19/h3-6H,2,7H2,1H3,(H2,13,19). The Morgan fingerprint density at radius 2 is 2.00 bits per heavy atom. The van der Waals surface area contributed by atoms with Crippen molar-refractivity contribution in [2.75, 3.05) is 6.61 Å². The van der Waals surface area contributed by atoms with E-state index in [-0.39, 0.29) is 6.54 Å². The Morgan fingerprint density at radius 3 is 2.60 bits per heavy atom. The molecule has 0 fully saturated rings. The first kappa shape index (κ1) is 13.7. The molecule has 2 aromatic rings. The zero-order valence-electron chi connectivity index (χ0n) is 10.8. The third-order valence-corrected chi connectivity index (χ3v) is 2.46. The van der Waals surface area contributed by atoms with Crippen LogP contribution >= 0.6 is 0 Å². The second-order valence-corrected chi connectivity index (χ2v) is 3.89. The summed E-state index contributed by atoms with van der Waals surface area (Å²) in [5.41, 5.74) is 6.22. The van der Waals surface area contributed by atoms with Crippen LogP contribution in [0.5, 0.6) is 0 Å². The molecule has 0 saturated carbocycles. The number of carbonyl (C=O) groups excluding carboxylic acids is 2. The molecule has 0 spiro atoms. The molecule has 0 radical (unpaired) electrons. The minimum absolute atomic E-state index is 0.0970. The van der Waals surface area contributed by atoms with E-state index in [1.807, 2.05) is 0 Å². The summed E-state index contributed by atoms with van der Waals surface area (Å²) in [5.74, 6) is -0.582. The average Bonchev–Trinajstić information content (AvgIpc) is 2.87. The fourth-order valence-corrected chi connectivity index (χ4v) is 1.53. The fraction of sp³-hybridized carbons (Fsp3) is 0.250. The molecule has 0 aliphatic carbocycles. The molecule has 0 atom stereocenters. The number of hydrogen-bond acceptors (Lipinski definition) is 6. The largest absolute Gasteiger partial charge is 0.465 e. The van der Waals surface area contributed by atoms with Gasteiger partial charge in [0.05, 0.1) is 6.61 Å². The van der Waals surface area contributed by atoms with Gasteiger partial charge in [-0.2, -0.15) is 4.80 Å². The van der Waals surface area contributed by atoms with E-state index < -0.39 is 11.9 Å². The number of nitrogens with two attached hydrogens (primary N) is 1. The van der Waals surface area contributed by atoms with Crippen LogP contribution in [0.2, 0.25) is 0 Å². The van der Waals surface area contributed by atoms with Gasteiger partial charge in [-0.05, 0) is 24.3 Å². The molecule has 104 valence electrons. The van der Waals surface area contributed by atoms with Gasteiger partial charge < -0.3 is 10.5 Å². The van der Waals surface area contributed by atoms with Crippen LogP contribution in [0.4, 0.5) is 0 Å². The average molecular weight is 275 g/mol. The topological polar surface area (TPSA) is 113 Å². The van der Waals surface area contributed by atoms with Gasteiger partial charge in [-0.15, -0.1) is 10.2 Å². The van der Waals surface area contributed by atoms with Crippen molar-refractivity contribution in [2.45, 2.75) is 13.5 Å². The second-order valence-electron chi connectivity index (χ2n) is 3.89. The maximum absolute atomic E-state index is 11.3. The van der Waals surface area contributed by atoms with Gasteiger partial charge in [0.2, 0.25) is 11.7 Å². The minimum Gasteiger partial charge on any atom is -0.465 e. The molecular formula is C12H13N5O3. The molecule has 1 aromatic carbocycles. The Hall–Kier alpha value is -2.77. The summed E-state index contributed by atoms with van der Waals surface area (Å²) in [4.78, 5) is 23.4. The molecule has 1 aromatic heterocycles. The van der Waals surface area contributed by atoms with Crippen molar-refractivity contribution in [1.82, 2.24) is 20.2 Å². The summed E-state index contributed by atoms with van der Waals surface area (Å²) < 4.78 is 4.78. The predicted molar refractivity (Wildman–Crippen MR) is 68.4 cm³/mol. The van der Waals surface area contributed by atoms with Crippen molar-refractivity contribution < 1.29 is 14.3 Å². The molecule has 20 heavy (non-hydrogen) atoms. The Morgan fingerprint density at radius 1 is 1.30 bits per heavy atom. The molecule has 2 rings (SSSR count). The van der Waals surface area contributed by atoms with Crippen molar-refractivity contribution >= 4 is 11.9 Å². The summed E-state index contributed by atoms with van der Waals surface area (Å²) in [6.45, 7) is 1.92. The number of ether oxygens (including phenoxy) is 1. The SMILES string of the molecule is CCOC(=O)Cn1nnc(-c2ccc(C(N)=O)cc2)n1. The summed E-state index contributed by atoms with van der Waals surface area (Å²) in [5, 5.41) is 11.6. The first-order valence-electron chi connectivity index (χ1n) is 5.94. The summed E-state index contributed by atoms with van der Waals surface area (Å²) >= 11 is 0. The van der Waals surface area contributed by atoms with Crippen LogP contribution in [0.1, 0.15) is 17.3 Å². The minimum atomic E-state index is -0.504. The highest BCUT2D eigenvalue weighted by molar-refractivity contribution is 5.93. The number of benzene rings is 1. The molecule has 0 aliphatic heterocycles. The van der Waals surface area contributed by atoms with Gasteiger partial charge in [-0.25, -0.2) is 4.79 Å². The lowest BCUT2D eigenvalue weighted by Gasteiger charge is -1.99. The lowest BCUT2D eigenvalue weighted by molar-refractivity contribution is -0.144. The summed E-state index contributed by atoms with van der Waals surface area (Å²) in [7, 11) is 0. The summed E-state index contributed by atoms with van der Waals surface area (Å²) in [6.07, 6.45) is 0. The lowest BCUT2D eigenvalue weighted by atomic mass is 10.1. The third kappa shape index (κ3) is 3.16. The number of aromatic nitrogens is 4. The quantitative estimate of drug-likeness (QED) is 0.768. The number of primary amides is 1. The van der Waals surface area contributed by atoms with Crippen LogP contribution in [-0.4, -0.2) is 38.7 Å². The fourth-order valence-electron chi connectivity index (χ4n) is 1.53. The number of tetrazole rings is 1. The van der Waals surface area contributed by atoms with Crippen LogP contribution in [0.3, 0.4) is 0 Å². The van der Waals surface area contributed by atoms with Gasteiger partial charge in [0, 0.05) is 11.1 Å². The highest BCUT2D eigenvalue weighted by Gasteiger charge is 2.10. The third-order valence-electron chi connectivity index (χ3n) is 2.46. The van der Waals surface area contributed by atoms with Crippen LogP contribution in [-0.2, 0) is 16.1 Å². The molecule has 8 nitrogen and oxygen atoms in total. The molecule has 0 bridgehead atoms. The van der Waals surface area contributed by atoms with E-state index in [2.05, 4.69) is 15.4 Å². The monoisotopic (exact) mass is 275 g/mol. The molecule has 1 heterocycles. The van der Waals surface area contributed by atoms with E-state index in [1.165, 1.54) is 0 Å². The number of nitrogens with zero attached hydrogens (tertiary/aromatic N) is 4. The number of carbonyl (C=O) groups is 2. The van der Waals surface area contributed by atoms with Gasteiger partial charge in [-0.3, -0.25) is 4.79 Å². The van der Waals surface area contributed by atoms with Gasteiger partial charge in [-0.1, -0.05) is 12.1 Å². The predicted octanol–water partition coefficient (Wildman–Crippen LogP) is 0.00210. The van der Waals surface area contributed by atoms with Crippen molar-refractivity contribution in [2.24, 2.45) is 5.73 Å². The zero-order chi connectivity index (χ0) is 14.5. The van der Waals surface area contributed by atoms with Gasteiger partial charge in [0.25, 0.3) is 0 Å². The molecule has 0 unspecified atom stereocenters. The lowest BCUT2D eigenvalue weighted by Crippen LogP contribution is -2.15. The van der Waals surface area contributed by atoms with Crippen LogP contribution < -0.4 is 5.73 Å². The number of esters is 1. The second kappa shape index (κ2) is 5.91. The highest BCUT2D eigenvalue weighted by atomic mass is 16.5. The first-order chi connectivity index (χ1) is 9.60. The number of amides is 1. The van der Waals surface area contributed by atoms with E-state index in [1.54, 1.807) is 31.2 Å². The maximum atomic E-state index is 11.3. The molecule has 2 N–H and O–H groups in total. The Balaban J connectivity index is 2.12. The van der Waals surface area contributed by atoms with E-state index in [9.17, 15) is 9.59 Å². The molecule has 0 aliphatic rings. The zero-order valence-corrected chi connectivity index (χ0v) is 10.8. The van der Waals surface area contributed by atoms with Gasteiger partial charge in [0.1, 0.15) is 0 Å². The number of rotatable bonds is 5. The normalized spacial score (nSPS) is 10.2. The van der Waals surface area contributed by atoms with E-state index in [0.717, 1.165) is 4.80 Å². The van der Waals surface area contributed by atoms with E-state index in [4.69, 9.17) is 10.5 Å². The Bertz CT molecular complexity index is 620. The van der Waals surface area contributed by atoms with Crippen molar-refractivity contribution in [1.29, 1.82) is 0 Å². The Kier molecular flexibility index (Phi) is 4.04. The van der Waals surface area contributed by atoms with Crippen molar-refractivity contribution in [3.8, 4) is 11.4 Å². The first-order valence-corrected chi connectivity index (χ1v) is 5.94.